The van der Waals surface area contributed by atoms with Gasteiger partial charge in [-0.05, 0) is 63.1 Å². The number of hydrogen-bond acceptors (Lipinski definition) is 3. The summed E-state index contributed by atoms with van der Waals surface area (Å²) in [7, 11) is 0. The van der Waals surface area contributed by atoms with Crippen LogP contribution >= 0.6 is 0 Å². The van der Waals surface area contributed by atoms with Gasteiger partial charge in [0.25, 0.3) is 0 Å². The molecule has 1 saturated carbocycles. The molecular formula is C23H27N3O3. The van der Waals surface area contributed by atoms with Crippen LogP contribution in [-0.2, 0) is 14.4 Å². The van der Waals surface area contributed by atoms with Gasteiger partial charge in [0.05, 0.1) is 11.8 Å². The molecule has 2 atom stereocenters. The number of nitrogens with one attached hydrogen (secondary N) is 1. The van der Waals surface area contributed by atoms with Crippen LogP contribution in [0.4, 0.5) is 5.69 Å². The summed E-state index contributed by atoms with van der Waals surface area (Å²) in [4.78, 5) is 38.7. The first kappa shape index (κ1) is 19.4. The number of benzene rings is 1. The summed E-state index contributed by atoms with van der Waals surface area (Å²) in [6.45, 7) is 4.27. The van der Waals surface area contributed by atoms with E-state index in [0.29, 0.717) is 5.69 Å². The second-order valence-corrected chi connectivity index (χ2v) is 8.12. The lowest BCUT2D eigenvalue weighted by Crippen LogP contribution is -2.34. The number of carbonyl (C=O) groups is 3. The molecule has 0 bridgehead atoms. The maximum absolute atomic E-state index is 12.5. The van der Waals surface area contributed by atoms with Crippen LogP contribution in [0.15, 0.2) is 36.4 Å². The molecular weight excluding hydrogens is 366 g/mol. The summed E-state index contributed by atoms with van der Waals surface area (Å²) in [5.41, 5.74) is 4.05. The third-order valence-corrected chi connectivity index (χ3v) is 6.18. The van der Waals surface area contributed by atoms with Crippen LogP contribution in [0.5, 0.6) is 0 Å². The van der Waals surface area contributed by atoms with E-state index in [-0.39, 0.29) is 42.5 Å². The number of carbonyl (C=O) groups excluding carboxylic acids is 3. The van der Waals surface area contributed by atoms with E-state index in [1.54, 1.807) is 0 Å². The van der Waals surface area contributed by atoms with E-state index in [9.17, 15) is 14.4 Å². The number of fused-ring (bicyclic) bond motifs is 1. The van der Waals surface area contributed by atoms with Crippen LogP contribution in [-0.4, -0.2) is 33.7 Å². The zero-order chi connectivity index (χ0) is 20.5. The van der Waals surface area contributed by atoms with Crippen LogP contribution in [0.3, 0.4) is 0 Å². The Hall–Kier alpha value is -2.89. The van der Waals surface area contributed by atoms with Gasteiger partial charge in [0.1, 0.15) is 0 Å². The van der Waals surface area contributed by atoms with E-state index in [2.05, 4.69) is 35.9 Å². The number of imide groups is 1. The van der Waals surface area contributed by atoms with Gasteiger partial charge in [-0.15, -0.1) is 0 Å². The minimum atomic E-state index is -0.193. The van der Waals surface area contributed by atoms with Crippen molar-refractivity contribution in [1.29, 1.82) is 0 Å². The summed E-state index contributed by atoms with van der Waals surface area (Å²) >= 11 is 0. The predicted molar refractivity (Wildman–Crippen MR) is 111 cm³/mol. The Balaban J connectivity index is 1.34. The Bertz CT molecular complexity index is 901. The molecule has 2 aromatic rings. The second kappa shape index (κ2) is 7.85. The zero-order valence-electron chi connectivity index (χ0n) is 17.0. The summed E-state index contributed by atoms with van der Waals surface area (Å²) in [5, 5.41) is 2.86. The maximum Gasteiger partial charge on any atom is 0.233 e. The number of hydrogen-bond donors (Lipinski definition) is 1. The van der Waals surface area contributed by atoms with E-state index in [4.69, 9.17) is 0 Å². The summed E-state index contributed by atoms with van der Waals surface area (Å²) in [6.07, 6.45) is 3.73. The summed E-state index contributed by atoms with van der Waals surface area (Å²) < 4.78 is 2.15. The molecule has 29 heavy (non-hydrogen) atoms. The smallest absolute Gasteiger partial charge is 0.233 e. The van der Waals surface area contributed by atoms with E-state index >= 15 is 0 Å². The number of aromatic nitrogens is 1. The van der Waals surface area contributed by atoms with E-state index in [0.717, 1.165) is 42.8 Å². The van der Waals surface area contributed by atoms with Gasteiger partial charge in [-0.25, -0.2) is 0 Å². The fourth-order valence-corrected chi connectivity index (χ4v) is 4.66. The van der Waals surface area contributed by atoms with Gasteiger partial charge in [-0.1, -0.05) is 12.8 Å². The van der Waals surface area contributed by atoms with Crippen molar-refractivity contribution >= 4 is 23.4 Å². The molecule has 3 amide bonds. The van der Waals surface area contributed by atoms with Crippen molar-refractivity contribution in [2.75, 3.05) is 11.9 Å². The highest BCUT2D eigenvalue weighted by Gasteiger charge is 2.47. The Labute approximate surface area is 170 Å². The monoisotopic (exact) mass is 393 g/mol. The lowest BCUT2D eigenvalue weighted by molar-refractivity contribution is -0.140. The predicted octanol–water partition coefficient (Wildman–Crippen LogP) is 3.60. The summed E-state index contributed by atoms with van der Waals surface area (Å²) in [6, 6.07) is 11.8. The Morgan fingerprint density at radius 3 is 2.03 bits per heavy atom. The molecule has 1 saturated heterocycles. The molecule has 0 unspecified atom stereocenters. The molecule has 1 aromatic carbocycles. The Morgan fingerprint density at radius 2 is 1.48 bits per heavy atom. The summed E-state index contributed by atoms with van der Waals surface area (Å²) in [5.74, 6) is -0.690. The molecule has 1 aliphatic heterocycles. The van der Waals surface area contributed by atoms with Crippen molar-refractivity contribution in [1.82, 2.24) is 9.47 Å². The van der Waals surface area contributed by atoms with Gasteiger partial charge in [0.15, 0.2) is 0 Å². The number of rotatable bonds is 5. The molecule has 1 aromatic heterocycles. The standard InChI is InChI=1S/C23H27N3O3/c1-15-7-8-16(2)26(15)18-11-9-17(10-12-18)24-21(27)13-14-25-22(28)19-5-3-4-6-20(19)23(25)29/h7-12,19-20H,3-6,13-14H2,1-2H3,(H,24,27)/t19-,20-/m0/s1. The molecule has 1 N–H and O–H groups in total. The van der Waals surface area contributed by atoms with Gasteiger partial charge in [0, 0.05) is 35.7 Å². The van der Waals surface area contributed by atoms with Gasteiger partial charge >= 0.3 is 0 Å². The van der Waals surface area contributed by atoms with Crippen LogP contribution in [0.25, 0.3) is 5.69 Å². The van der Waals surface area contributed by atoms with Gasteiger partial charge in [-0.3, -0.25) is 19.3 Å². The number of aryl methyl sites for hydroxylation is 2. The SMILES string of the molecule is Cc1ccc(C)n1-c1ccc(NC(=O)CCN2C(=O)[C@H]3CCCC[C@@H]3C2=O)cc1. The van der Waals surface area contributed by atoms with Crippen LogP contribution in [0.2, 0.25) is 0 Å². The van der Waals surface area contributed by atoms with Crippen molar-refractivity contribution in [3.8, 4) is 5.69 Å². The minimum absolute atomic E-state index is 0.0886. The second-order valence-electron chi connectivity index (χ2n) is 8.12. The van der Waals surface area contributed by atoms with E-state index < -0.39 is 0 Å². The van der Waals surface area contributed by atoms with E-state index in [1.807, 2.05) is 24.3 Å². The topological polar surface area (TPSA) is 71.4 Å². The van der Waals surface area contributed by atoms with Crippen LogP contribution in [0, 0.1) is 25.7 Å². The molecule has 6 nitrogen and oxygen atoms in total. The van der Waals surface area contributed by atoms with Crippen molar-refractivity contribution in [3.05, 3.63) is 47.8 Å². The van der Waals surface area contributed by atoms with Crippen molar-refractivity contribution in [3.63, 3.8) is 0 Å². The molecule has 2 heterocycles. The lowest BCUT2D eigenvalue weighted by Gasteiger charge is -2.19. The van der Waals surface area contributed by atoms with Crippen LogP contribution < -0.4 is 5.32 Å². The van der Waals surface area contributed by atoms with Crippen molar-refractivity contribution in [2.24, 2.45) is 11.8 Å². The highest BCUT2D eigenvalue weighted by Crippen LogP contribution is 2.38. The number of nitrogens with zero attached hydrogens (tertiary/aromatic N) is 2. The number of likely N-dealkylation sites (tertiary alicyclic amines) is 1. The molecule has 0 spiro atoms. The third-order valence-electron chi connectivity index (χ3n) is 6.18. The first-order valence-electron chi connectivity index (χ1n) is 10.4. The van der Waals surface area contributed by atoms with E-state index in [1.165, 1.54) is 4.90 Å². The average molecular weight is 393 g/mol. The molecule has 2 aliphatic rings. The van der Waals surface area contributed by atoms with Crippen molar-refractivity contribution in [2.45, 2.75) is 46.0 Å². The quantitative estimate of drug-likeness (QED) is 0.789. The highest BCUT2D eigenvalue weighted by atomic mass is 16.2. The molecule has 152 valence electrons. The molecule has 6 heteroatoms. The average Bonchev–Trinajstić information content (AvgIpc) is 3.18. The van der Waals surface area contributed by atoms with Gasteiger partial charge in [-0.2, -0.15) is 0 Å². The van der Waals surface area contributed by atoms with Crippen LogP contribution in [0.1, 0.15) is 43.5 Å². The number of amides is 3. The fraction of sp³-hybridized carbons (Fsp3) is 0.435. The number of anilines is 1. The first-order chi connectivity index (χ1) is 14.0. The third kappa shape index (κ3) is 3.71. The normalized spacial score (nSPS) is 21.4. The molecule has 2 fully saturated rings. The highest BCUT2D eigenvalue weighted by molar-refractivity contribution is 6.05. The molecule has 0 radical (unpaired) electrons. The van der Waals surface area contributed by atoms with Crippen molar-refractivity contribution < 1.29 is 14.4 Å². The largest absolute Gasteiger partial charge is 0.326 e. The van der Waals surface area contributed by atoms with Gasteiger partial charge < -0.3 is 9.88 Å². The van der Waals surface area contributed by atoms with Gasteiger partial charge in [0.2, 0.25) is 17.7 Å². The molecule has 4 rings (SSSR count). The fourth-order valence-electron chi connectivity index (χ4n) is 4.66. The zero-order valence-corrected chi connectivity index (χ0v) is 17.0. The minimum Gasteiger partial charge on any atom is -0.326 e. The molecule has 1 aliphatic carbocycles. The maximum atomic E-state index is 12.5. The Morgan fingerprint density at radius 1 is 0.931 bits per heavy atom. The first-order valence-corrected chi connectivity index (χ1v) is 10.4. The lowest BCUT2D eigenvalue weighted by atomic mass is 9.81. The Kier molecular flexibility index (Phi) is 5.26.